The lowest BCUT2D eigenvalue weighted by atomic mass is 9.91. The van der Waals surface area contributed by atoms with Gasteiger partial charge in [0.25, 0.3) is 0 Å². The molecular formula is C14H23N3S. The zero-order chi connectivity index (χ0) is 13.0. The summed E-state index contributed by atoms with van der Waals surface area (Å²) in [7, 11) is 0. The van der Waals surface area contributed by atoms with Crippen molar-refractivity contribution in [1.29, 1.82) is 0 Å². The average Bonchev–Trinajstić information content (AvgIpc) is 2.34. The molecule has 18 heavy (non-hydrogen) atoms. The highest BCUT2D eigenvalue weighted by Gasteiger charge is 2.21. The van der Waals surface area contributed by atoms with Crippen molar-refractivity contribution in [2.45, 2.75) is 62.6 Å². The molecule has 0 bridgehead atoms. The number of anilines is 1. The van der Waals surface area contributed by atoms with E-state index in [1.165, 1.54) is 25.7 Å². The summed E-state index contributed by atoms with van der Waals surface area (Å²) >= 11 is 1.92. The number of hydrogen-bond acceptors (Lipinski definition) is 4. The van der Waals surface area contributed by atoms with E-state index in [2.05, 4.69) is 23.8 Å². The van der Waals surface area contributed by atoms with Gasteiger partial charge in [-0.25, -0.2) is 9.97 Å². The van der Waals surface area contributed by atoms with Crippen LogP contribution in [0.15, 0.2) is 11.4 Å². The number of nitrogen functional groups attached to an aromatic ring is 1. The van der Waals surface area contributed by atoms with Crippen LogP contribution in [0.1, 0.15) is 51.5 Å². The standard InChI is InChI=1S/C14H23N3S/c1-3-5-12-13(15)16-9-17-14(12)18-11-7-4-6-10(2)8-11/h9-11H,3-8H2,1-2H3,(H2,15,16,17). The smallest absolute Gasteiger partial charge is 0.131 e. The summed E-state index contributed by atoms with van der Waals surface area (Å²) in [6, 6.07) is 0. The van der Waals surface area contributed by atoms with Crippen molar-refractivity contribution >= 4 is 17.6 Å². The molecule has 1 aliphatic rings. The van der Waals surface area contributed by atoms with E-state index in [1.54, 1.807) is 6.33 Å². The van der Waals surface area contributed by atoms with Crippen LogP contribution in [-0.4, -0.2) is 15.2 Å². The summed E-state index contributed by atoms with van der Waals surface area (Å²) in [5.41, 5.74) is 7.13. The van der Waals surface area contributed by atoms with Crippen LogP contribution in [0.4, 0.5) is 5.82 Å². The van der Waals surface area contributed by atoms with Crippen LogP contribution in [0.5, 0.6) is 0 Å². The van der Waals surface area contributed by atoms with E-state index < -0.39 is 0 Å². The topological polar surface area (TPSA) is 51.8 Å². The Morgan fingerprint density at radius 2 is 2.22 bits per heavy atom. The molecule has 1 saturated carbocycles. The third-order valence-electron chi connectivity index (χ3n) is 3.61. The number of rotatable bonds is 4. The fourth-order valence-electron chi connectivity index (χ4n) is 2.64. The maximum absolute atomic E-state index is 5.98. The van der Waals surface area contributed by atoms with Gasteiger partial charge in [-0.1, -0.05) is 33.1 Å². The third kappa shape index (κ3) is 3.37. The molecule has 2 rings (SSSR count). The zero-order valence-corrected chi connectivity index (χ0v) is 12.2. The first-order valence-corrected chi connectivity index (χ1v) is 7.84. The Labute approximate surface area is 114 Å². The van der Waals surface area contributed by atoms with Crippen LogP contribution >= 0.6 is 11.8 Å². The summed E-state index contributed by atoms with van der Waals surface area (Å²) < 4.78 is 0. The van der Waals surface area contributed by atoms with Gasteiger partial charge in [-0.3, -0.25) is 0 Å². The van der Waals surface area contributed by atoms with Gasteiger partial charge in [0.15, 0.2) is 0 Å². The first-order chi connectivity index (χ1) is 8.70. The maximum atomic E-state index is 5.98. The number of hydrogen-bond donors (Lipinski definition) is 1. The van der Waals surface area contributed by atoms with E-state index in [0.29, 0.717) is 11.1 Å². The Kier molecular flexibility index (Phi) is 4.87. The van der Waals surface area contributed by atoms with Crippen LogP contribution in [0.3, 0.4) is 0 Å². The maximum Gasteiger partial charge on any atom is 0.131 e. The van der Waals surface area contributed by atoms with E-state index in [9.17, 15) is 0 Å². The van der Waals surface area contributed by atoms with Crippen LogP contribution in [0.2, 0.25) is 0 Å². The quantitative estimate of drug-likeness (QED) is 0.844. The van der Waals surface area contributed by atoms with Gasteiger partial charge in [0.2, 0.25) is 0 Å². The fourth-order valence-corrected chi connectivity index (χ4v) is 4.12. The second-order valence-electron chi connectivity index (χ2n) is 5.30. The Morgan fingerprint density at radius 1 is 1.39 bits per heavy atom. The fraction of sp³-hybridized carbons (Fsp3) is 0.714. The van der Waals surface area contributed by atoms with Gasteiger partial charge >= 0.3 is 0 Å². The second kappa shape index (κ2) is 6.41. The Morgan fingerprint density at radius 3 is 2.94 bits per heavy atom. The van der Waals surface area contributed by atoms with Crippen molar-refractivity contribution in [2.24, 2.45) is 5.92 Å². The third-order valence-corrected chi connectivity index (χ3v) is 4.94. The SMILES string of the molecule is CCCc1c(N)ncnc1SC1CCCC(C)C1. The summed E-state index contributed by atoms with van der Waals surface area (Å²) in [4.78, 5) is 8.57. The lowest BCUT2D eigenvalue weighted by Gasteiger charge is -2.26. The molecule has 0 spiro atoms. The van der Waals surface area contributed by atoms with Crippen molar-refractivity contribution < 1.29 is 0 Å². The second-order valence-corrected chi connectivity index (χ2v) is 6.59. The predicted octanol–water partition coefficient (Wildman–Crippen LogP) is 3.68. The molecule has 2 N–H and O–H groups in total. The molecule has 1 aliphatic carbocycles. The van der Waals surface area contributed by atoms with E-state index in [4.69, 9.17) is 5.73 Å². The first kappa shape index (κ1) is 13.7. The van der Waals surface area contributed by atoms with Crippen LogP contribution in [-0.2, 0) is 6.42 Å². The van der Waals surface area contributed by atoms with Gasteiger partial charge in [0.1, 0.15) is 17.2 Å². The van der Waals surface area contributed by atoms with Crippen LogP contribution in [0, 0.1) is 5.92 Å². The summed E-state index contributed by atoms with van der Waals surface area (Å²) in [6.45, 7) is 4.53. The monoisotopic (exact) mass is 265 g/mol. The van der Waals surface area contributed by atoms with Crippen LogP contribution < -0.4 is 5.73 Å². The van der Waals surface area contributed by atoms with E-state index >= 15 is 0 Å². The number of thioether (sulfide) groups is 1. The molecule has 1 aromatic heterocycles. The van der Waals surface area contributed by atoms with Crippen molar-refractivity contribution in [3.63, 3.8) is 0 Å². The molecule has 1 fully saturated rings. The molecule has 1 heterocycles. The summed E-state index contributed by atoms with van der Waals surface area (Å²) in [6.07, 6.45) is 9.02. The molecule has 0 radical (unpaired) electrons. The predicted molar refractivity (Wildman–Crippen MR) is 77.7 cm³/mol. The van der Waals surface area contributed by atoms with Gasteiger partial charge in [-0.15, -0.1) is 11.8 Å². The highest BCUT2D eigenvalue weighted by molar-refractivity contribution is 7.99. The lowest BCUT2D eigenvalue weighted by Crippen LogP contribution is -2.15. The van der Waals surface area contributed by atoms with Gasteiger partial charge in [-0.05, 0) is 25.2 Å². The molecule has 2 atom stereocenters. The molecule has 0 aliphatic heterocycles. The normalized spacial score (nSPS) is 24.1. The minimum atomic E-state index is 0.665. The van der Waals surface area contributed by atoms with Crippen molar-refractivity contribution in [2.75, 3.05) is 5.73 Å². The molecule has 4 heteroatoms. The van der Waals surface area contributed by atoms with E-state index in [-0.39, 0.29) is 0 Å². The molecule has 100 valence electrons. The van der Waals surface area contributed by atoms with Gasteiger partial charge in [0, 0.05) is 10.8 Å². The molecule has 1 aromatic rings. The molecular weight excluding hydrogens is 242 g/mol. The largest absolute Gasteiger partial charge is 0.383 e. The molecule has 0 saturated heterocycles. The number of nitrogens with zero attached hydrogens (tertiary/aromatic N) is 2. The first-order valence-electron chi connectivity index (χ1n) is 6.96. The molecule has 3 nitrogen and oxygen atoms in total. The van der Waals surface area contributed by atoms with Crippen molar-refractivity contribution in [3.05, 3.63) is 11.9 Å². The van der Waals surface area contributed by atoms with Gasteiger partial charge in [-0.2, -0.15) is 0 Å². The lowest BCUT2D eigenvalue weighted by molar-refractivity contribution is 0.394. The average molecular weight is 265 g/mol. The molecule has 0 amide bonds. The van der Waals surface area contributed by atoms with Crippen LogP contribution in [0.25, 0.3) is 0 Å². The Hall–Kier alpha value is -0.770. The number of nitrogens with two attached hydrogens (primary N) is 1. The zero-order valence-electron chi connectivity index (χ0n) is 11.4. The van der Waals surface area contributed by atoms with Crippen molar-refractivity contribution in [1.82, 2.24) is 9.97 Å². The molecule has 2 unspecified atom stereocenters. The van der Waals surface area contributed by atoms with Crippen molar-refractivity contribution in [3.8, 4) is 0 Å². The minimum absolute atomic E-state index is 0.665. The Bertz CT molecular complexity index is 395. The summed E-state index contributed by atoms with van der Waals surface area (Å²) in [5.74, 6) is 1.52. The van der Waals surface area contributed by atoms with E-state index in [1.807, 2.05) is 11.8 Å². The summed E-state index contributed by atoms with van der Waals surface area (Å²) in [5, 5.41) is 1.82. The molecule has 0 aromatic carbocycles. The highest BCUT2D eigenvalue weighted by atomic mass is 32.2. The number of aromatic nitrogens is 2. The highest BCUT2D eigenvalue weighted by Crippen LogP contribution is 2.37. The Balaban J connectivity index is 2.10. The van der Waals surface area contributed by atoms with E-state index in [0.717, 1.165) is 29.3 Å². The van der Waals surface area contributed by atoms with Gasteiger partial charge in [0.05, 0.1) is 0 Å². The minimum Gasteiger partial charge on any atom is -0.383 e. The van der Waals surface area contributed by atoms with Gasteiger partial charge < -0.3 is 5.73 Å².